The molecule has 0 unspecified atom stereocenters. The van der Waals surface area contributed by atoms with Crippen molar-refractivity contribution >= 4 is 11.6 Å². The van der Waals surface area contributed by atoms with Gasteiger partial charge in [-0.15, -0.1) is 11.6 Å². The molecule has 0 aliphatic rings. The van der Waals surface area contributed by atoms with E-state index in [9.17, 15) is 0 Å². The summed E-state index contributed by atoms with van der Waals surface area (Å²) in [7, 11) is 0. The van der Waals surface area contributed by atoms with Gasteiger partial charge in [-0.2, -0.15) is 0 Å². The Morgan fingerprint density at radius 1 is 0.643 bits per heavy atom. The molecule has 0 aliphatic heterocycles. The molecule has 0 amide bonds. The summed E-state index contributed by atoms with van der Waals surface area (Å²) in [4.78, 5) is 0. The average Bonchev–Trinajstić information content (AvgIpc) is 2.68. The Balaban J connectivity index is 0.00000729. The first-order valence-electron chi connectivity index (χ1n) is 11.8. The van der Waals surface area contributed by atoms with Crippen molar-refractivity contribution in [3.8, 4) is 0 Å². The van der Waals surface area contributed by atoms with Gasteiger partial charge < -0.3 is 6.15 Å². The molecule has 1 rings (SSSR count). The summed E-state index contributed by atoms with van der Waals surface area (Å²) < 4.78 is 0. The molecule has 0 saturated carbocycles. The molecular weight excluding hydrogens is 362 g/mol. The van der Waals surface area contributed by atoms with Crippen LogP contribution < -0.4 is 6.15 Å². The van der Waals surface area contributed by atoms with Gasteiger partial charge in [-0.1, -0.05) is 109 Å². The van der Waals surface area contributed by atoms with Crippen molar-refractivity contribution in [2.45, 2.75) is 129 Å². The highest BCUT2D eigenvalue weighted by Crippen LogP contribution is 2.22. The Morgan fingerprint density at radius 3 is 1.50 bits per heavy atom. The second kappa shape index (κ2) is 18.5. The van der Waals surface area contributed by atoms with Crippen LogP contribution in [0.25, 0.3) is 0 Å². The first-order valence-corrected chi connectivity index (χ1v) is 12.4. The Kier molecular flexibility index (Phi) is 18.1. The molecule has 28 heavy (non-hydrogen) atoms. The Bertz CT molecular complexity index is 484. The number of benzene rings is 1. The molecule has 0 heterocycles. The van der Waals surface area contributed by atoms with E-state index < -0.39 is 0 Å². The third-order valence-corrected chi connectivity index (χ3v) is 6.43. The Morgan fingerprint density at radius 2 is 1.07 bits per heavy atom. The number of aryl methyl sites for hydroxylation is 1. The van der Waals surface area contributed by atoms with E-state index in [0.717, 1.165) is 0 Å². The molecular formula is C26H48ClN. The van der Waals surface area contributed by atoms with Gasteiger partial charge in [0.15, 0.2) is 0 Å². The number of alkyl halides is 1. The van der Waals surface area contributed by atoms with Crippen LogP contribution in [0.15, 0.2) is 12.1 Å². The molecule has 0 spiro atoms. The van der Waals surface area contributed by atoms with Crippen LogP contribution in [0.4, 0.5) is 0 Å². The summed E-state index contributed by atoms with van der Waals surface area (Å²) in [5.74, 6) is 0.648. The van der Waals surface area contributed by atoms with Crippen molar-refractivity contribution in [3.05, 3.63) is 34.4 Å². The number of halogens is 1. The fourth-order valence-corrected chi connectivity index (χ4v) is 4.33. The van der Waals surface area contributed by atoms with Gasteiger partial charge in [0.1, 0.15) is 0 Å². The SMILES string of the molecule is CCCCCCCCCCCCCCCCCc1c(CCl)ccc(C)c1C.N. The highest BCUT2D eigenvalue weighted by molar-refractivity contribution is 6.17. The van der Waals surface area contributed by atoms with Gasteiger partial charge in [0, 0.05) is 5.88 Å². The highest BCUT2D eigenvalue weighted by Gasteiger charge is 2.07. The average molecular weight is 410 g/mol. The summed E-state index contributed by atoms with van der Waals surface area (Å²) >= 11 is 6.13. The van der Waals surface area contributed by atoms with Crippen molar-refractivity contribution in [1.29, 1.82) is 0 Å². The summed E-state index contributed by atoms with van der Waals surface area (Å²) in [6.07, 6.45) is 22.6. The van der Waals surface area contributed by atoms with Crippen LogP contribution in [0.3, 0.4) is 0 Å². The third kappa shape index (κ3) is 12.1. The minimum atomic E-state index is 0. The Labute approximate surface area is 181 Å². The maximum Gasteiger partial charge on any atom is 0.0476 e. The second-order valence-electron chi connectivity index (χ2n) is 8.48. The zero-order valence-corrected chi connectivity index (χ0v) is 20.0. The molecule has 0 atom stereocenters. The third-order valence-electron chi connectivity index (χ3n) is 6.14. The largest absolute Gasteiger partial charge is 0.344 e. The van der Waals surface area contributed by atoms with Crippen LogP contribution in [0.5, 0.6) is 0 Å². The molecule has 3 N–H and O–H groups in total. The zero-order chi connectivity index (χ0) is 19.7. The van der Waals surface area contributed by atoms with Crippen molar-refractivity contribution in [1.82, 2.24) is 6.15 Å². The Hall–Kier alpha value is -0.530. The molecule has 1 aromatic carbocycles. The summed E-state index contributed by atoms with van der Waals surface area (Å²) in [5.41, 5.74) is 5.71. The fourth-order valence-electron chi connectivity index (χ4n) is 4.08. The van der Waals surface area contributed by atoms with Gasteiger partial charge in [-0.05, 0) is 48.9 Å². The molecule has 0 aromatic heterocycles. The van der Waals surface area contributed by atoms with E-state index in [4.69, 9.17) is 11.6 Å². The van der Waals surface area contributed by atoms with Gasteiger partial charge in [0.05, 0.1) is 0 Å². The van der Waals surface area contributed by atoms with Gasteiger partial charge in [0.25, 0.3) is 0 Å². The van der Waals surface area contributed by atoms with Gasteiger partial charge in [-0.3, -0.25) is 0 Å². The monoisotopic (exact) mass is 409 g/mol. The standard InChI is InChI=1S/C26H45Cl.H3N/c1-4-5-6-7-8-9-10-11-12-13-14-15-16-17-18-19-26-24(3)23(2)20-21-25(26)22-27;/h20-21H,4-19,22H2,1-3H3;1H3. The molecule has 2 heteroatoms. The van der Waals surface area contributed by atoms with Crippen LogP contribution in [0, 0.1) is 13.8 Å². The summed E-state index contributed by atoms with van der Waals surface area (Å²) in [5, 5.41) is 0. The molecule has 0 radical (unpaired) electrons. The molecule has 0 saturated heterocycles. The molecule has 0 fully saturated rings. The van der Waals surface area contributed by atoms with E-state index in [1.54, 1.807) is 0 Å². The van der Waals surface area contributed by atoms with E-state index in [1.165, 1.54) is 125 Å². The van der Waals surface area contributed by atoms with E-state index in [2.05, 4.69) is 32.9 Å². The van der Waals surface area contributed by atoms with E-state index in [1.807, 2.05) is 0 Å². The number of unbranched alkanes of at least 4 members (excludes halogenated alkanes) is 14. The first-order chi connectivity index (χ1) is 13.2. The van der Waals surface area contributed by atoms with Crippen LogP contribution in [-0.2, 0) is 12.3 Å². The molecule has 0 aliphatic carbocycles. The molecule has 0 bridgehead atoms. The van der Waals surface area contributed by atoms with E-state index in [-0.39, 0.29) is 6.15 Å². The predicted octanol–water partition coefficient (Wildman–Crippen LogP) is 9.62. The molecule has 1 aromatic rings. The lowest BCUT2D eigenvalue weighted by Gasteiger charge is -2.13. The quantitative estimate of drug-likeness (QED) is 0.201. The lowest BCUT2D eigenvalue weighted by atomic mass is 9.94. The maximum absolute atomic E-state index is 6.13. The summed E-state index contributed by atoms with van der Waals surface area (Å²) in [6, 6.07) is 4.43. The summed E-state index contributed by atoms with van der Waals surface area (Å²) in [6.45, 7) is 6.76. The van der Waals surface area contributed by atoms with Gasteiger partial charge in [-0.25, -0.2) is 0 Å². The van der Waals surface area contributed by atoms with Crippen LogP contribution in [0.2, 0.25) is 0 Å². The lowest BCUT2D eigenvalue weighted by Crippen LogP contribution is -1.98. The van der Waals surface area contributed by atoms with Gasteiger partial charge >= 0.3 is 0 Å². The van der Waals surface area contributed by atoms with Crippen molar-refractivity contribution < 1.29 is 0 Å². The highest BCUT2D eigenvalue weighted by atomic mass is 35.5. The lowest BCUT2D eigenvalue weighted by molar-refractivity contribution is 0.532. The van der Waals surface area contributed by atoms with Crippen molar-refractivity contribution in [2.75, 3.05) is 0 Å². The van der Waals surface area contributed by atoms with Crippen LogP contribution in [0.1, 0.15) is 125 Å². The zero-order valence-electron chi connectivity index (χ0n) is 19.3. The van der Waals surface area contributed by atoms with Gasteiger partial charge in [0.2, 0.25) is 0 Å². The first kappa shape index (κ1) is 27.5. The van der Waals surface area contributed by atoms with Crippen molar-refractivity contribution in [2.24, 2.45) is 0 Å². The van der Waals surface area contributed by atoms with E-state index >= 15 is 0 Å². The van der Waals surface area contributed by atoms with Crippen molar-refractivity contribution in [3.63, 3.8) is 0 Å². The minimum Gasteiger partial charge on any atom is -0.344 e. The number of rotatable bonds is 17. The normalized spacial score (nSPS) is 10.9. The maximum atomic E-state index is 6.13. The smallest absolute Gasteiger partial charge is 0.0476 e. The number of hydrogen-bond acceptors (Lipinski definition) is 1. The van der Waals surface area contributed by atoms with Crippen LogP contribution in [-0.4, -0.2) is 0 Å². The fraction of sp³-hybridized carbons (Fsp3) is 0.769. The predicted molar refractivity (Wildman–Crippen MR) is 129 cm³/mol. The second-order valence-corrected chi connectivity index (χ2v) is 8.75. The topological polar surface area (TPSA) is 35.0 Å². The number of hydrogen-bond donors (Lipinski definition) is 1. The minimum absolute atomic E-state index is 0. The van der Waals surface area contributed by atoms with E-state index in [0.29, 0.717) is 5.88 Å². The molecule has 1 nitrogen and oxygen atoms in total. The molecule has 164 valence electrons. The van der Waals surface area contributed by atoms with Crippen LogP contribution >= 0.6 is 11.6 Å².